The van der Waals surface area contributed by atoms with Crippen molar-refractivity contribution in [1.82, 2.24) is 0 Å². The minimum Gasteiger partial charge on any atom is -0.380 e. The second-order valence-electron chi connectivity index (χ2n) is 9.81. The Bertz CT molecular complexity index is 301. The molecule has 0 fully saturated rings. The number of rotatable bonds is 9. The average Bonchev–Trinajstić information content (AvgIpc) is 2.23. The third-order valence-corrected chi connectivity index (χ3v) is 3.35. The molecule has 0 saturated heterocycles. The Balaban J connectivity index is 4.24. The summed E-state index contributed by atoms with van der Waals surface area (Å²) in [5.74, 6) is 0. The van der Waals surface area contributed by atoms with Gasteiger partial charge in [-0.05, 0) is 32.2 Å². The van der Waals surface area contributed by atoms with Gasteiger partial charge in [0.1, 0.15) is 0 Å². The largest absolute Gasteiger partial charge is 0.380 e. The molecule has 0 atom stereocenters. The highest BCUT2D eigenvalue weighted by molar-refractivity contribution is 4.79. The molecule has 0 aliphatic heterocycles. The molecule has 2 N–H and O–H groups in total. The SMILES string of the molecule is CC(C)(C)CC(C)(C)OCC(C)(C)COCC(C)(C)CN. The van der Waals surface area contributed by atoms with Crippen LogP contribution in [0.4, 0.5) is 0 Å². The predicted octanol–water partition coefficient (Wildman–Crippen LogP) is 4.25. The molecular formula is C18H39NO2. The van der Waals surface area contributed by atoms with Crippen LogP contribution in [0.25, 0.3) is 0 Å². The van der Waals surface area contributed by atoms with E-state index in [-0.39, 0.29) is 21.8 Å². The van der Waals surface area contributed by atoms with Gasteiger partial charge in [0.05, 0.1) is 25.4 Å². The van der Waals surface area contributed by atoms with E-state index in [1.807, 2.05) is 0 Å². The molecule has 0 amide bonds. The fourth-order valence-electron chi connectivity index (χ4n) is 2.42. The zero-order valence-corrected chi connectivity index (χ0v) is 15.9. The van der Waals surface area contributed by atoms with Crippen LogP contribution in [-0.2, 0) is 9.47 Å². The third-order valence-electron chi connectivity index (χ3n) is 3.35. The van der Waals surface area contributed by atoms with Gasteiger partial charge in [0.15, 0.2) is 0 Å². The van der Waals surface area contributed by atoms with E-state index in [9.17, 15) is 0 Å². The van der Waals surface area contributed by atoms with E-state index < -0.39 is 0 Å². The van der Waals surface area contributed by atoms with E-state index in [0.717, 1.165) is 6.42 Å². The summed E-state index contributed by atoms with van der Waals surface area (Å²) in [6, 6.07) is 0. The molecule has 0 rings (SSSR count). The predicted molar refractivity (Wildman–Crippen MR) is 91.5 cm³/mol. The van der Waals surface area contributed by atoms with Crippen LogP contribution in [0.3, 0.4) is 0 Å². The van der Waals surface area contributed by atoms with Gasteiger partial charge in [0.2, 0.25) is 0 Å². The quantitative estimate of drug-likeness (QED) is 0.692. The standard InChI is InChI=1S/C18H39NO2/c1-15(2,3)10-18(8,9)21-14-17(6,7)13-20-12-16(4,5)11-19/h10-14,19H2,1-9H3. The van der Waals surface area contributed by atoms with Gasteiger partial charge < -0.3 is 15.2 Å². The highest BCUT2D eigenvalue weighted by Gasteiger charge is 2.29. The van der Waals surface area contributed by atoms with Crippen molar-refractivity contribution in [3.05, 3.63) is 0 Å². The molecule has 0 aromatic rings. The van der Waals surface area contributed by atoms with Crippen molar-refractivity contribution in [3.8, 4) is 0 Å². The Morgan fingerprint density at radius 1 is 0.714 bits per heavy atom. The molecule has 3 nitrogen and oxygen atoms in total. The maximum Gasteiger partial charge on any atom is 0.0631 e. The molecule has 128 valence electrons. The lowest BCUT2D eigenvalue weighted by molar-refractivity contribution is -0.0947. The van der Waals surface area contributed by atoms with Gasteiger partial charge in [-0.3, -0.25) is 0 Å². The summed E-state index contributed by atoms with van der Waals surface area (Å²) in [5, 5.41) is 0. The van der Waals surface area contributed by atoms with E-state index in [1.165, 1.54) is 0 Å². The first-order valence-corrected chi connectivity index (χ1v) is 8.10. The molecular weight excluding hydrogens is 262 g/mol. The summed E-state index contributed by atoms with van der Waals surface area (Å²) in [5.41, 5.74) is 5.95. The molecule has 0 heterocycles. The summed E-state index contributed by atoms with van der Waals surface area (Å²) in [6.45, 7) is 22.5. The summed E-state index contributed by atoms with van der Waals surface area (Å²) in [6.07, 6.45) is 1.04. The van der Waals surface area contributed by atoms with Gasteiger partial charge >= 0.3 is 0 Å². The molecule has 21 heavy (non-hydrogen) atoms. The lowest BCUT2D eigenvalue weighted by atomic mass is 9.83. The first-order valence-electron chi connectivity index (χ1n) is 8.10. The monoisotopic (exact) mass is 301 g/mol. The fraction of sp³-hybridized carbons (Fsp3) is 1.00. The molecule has 0 bridgehead atoms. The first kappa shape index (κ1) is 20.9. The minimum absolute atomic E-state index is 0.0137. The van der Waals surface area contributed by atoms with Gasteiger partial charge in [-0.1, -0.05) is 48.5 Å². The lowest BCUT2D eigenvalue weighted by Gasteiger charge is -2.36. The van der Waals surface area contributed by atoms with Crippen molar-refractivity contribution >= 4 is 0 Å². The Kier molecular flexibility index (Phi) is 7.39. The maximum atomic E-state index is 6.17. The van der Waals surface area contributed by atoms with Gasteiger partial charge in [-0.25, -0.2) is 0 Å². The van der Waals surface area contributed by atoms with Gasteiger partial charge in [0, 0.05) is 10.8 Å². The van der Waals surface area contributed by atoms with Crippen LogP contribution in [0.5, 0.6) is 0 Å². The van der Waals surface area contributed by atoms with Gasteiger partial charge in [0.25, 0.3) is 0 Å². The van der Waals surface area contributed by atoms with E-state index in [0.29, 0.717) is 26.4 Å². The zero-order chi connectivity index (χ0) is 16.9. The normalized spacial score (nSPS) is 14.6. The second kappa shape index (κ2) is 7.43. The van der Waals surface area contributed by atoms with Crippen molar-refractivity contribution in [2.75, 3.05) is 26.4 Å². The second-order valence-corrected chi connectivity index (χ2v) is 9.81. The van der Waals surface area contributed by atoms with Crippen LogP contribution in [0.2, 0.25) is 0 Å². The highest BCUT2D eigenvalue weighted by Crippen LogP contribution is 2.31. The molecule has 0 saturated carbocycles. The number of hydrogen-bond donors (Lipinski definition) is 1. The Morgan fingerprint density at radius 2 is 1.19 bits per heavy atom. The molecule has 0 spiro atoms. The van der Waals surface area contributed by atoms with Gasteiger partial charge in [-0.15, -0.1) is 0 Å². The van der Waals surface area contributed by atoms with E-state index in [2.05, 4.69) is 62.3 Å². The van der Waals surface area contributed by atoms with Crippen LogP contribution in [0.1, 0.15) is 68.7 Å². The van der Waals surface area contributed by atoms with Gasteiger partial charge in [-0.2, -0.15) is 0 Å². The van der Waals surface area contributed by atoms with E-state index >= 15 is 0 Å². The number of nitrogens with two attached hydrogens (primary N) is 1. The fourth-order valence-corrected chi connectivity index (χ4v) is 2.42. The van der Waals surface area contributed by atoms with E-state index in [4.69, 9.17) is 15.2 Å². The van der Waals surface area contributed by atoms with Crippen molar-refractivity contribution in [3.63, 3.8) is 0 Å². The first-order chi connectivity index (χ1) is 9.18. The average molecular weight is 302 g/mol. The molecule has 0 aromatic heterocycles. The van der Waals surface area contributed by atoms with Crippen molar-refractivity contribution in [1.29, 1.82) is 0 Å². The smallest absolute Gasteiger partial charge is 0.0631 e. The van der Waals surface area contributed by atoms with Crippen LogP contribution in [0, 0.1) is 16.2 Å². The lowest BCUT2D eigenvalue weighted by Crippen LogP contribution is -2.37. The maximum absolute atomic E-state index is 6.17. The third kappa shape index (κ3) is 11.1. The number of ether oxygens (including phenoxy) is 2. The molecule has 0 unspecified atom stereocenters. The van der Waals surface area contributed by atoms with Crippen LogP contribution in [0.15, 0.2) is 0 Å². The summed E-state index contributed by atoms with van der Waals surface area (Å²) in [7, 11) is 0. The topological polar surface area (TPSA) is 44.5 Å². The Morgan fingerprint density at radius 3 is 1.62 bits per heavy atom. The van der Waals surface area contributed by atoms with Crippen LogP contribution < -0.4 is 5.73 Å². The van der Waals surface area contributed by atoms with Crippen LogP contribution >= 0.6 is 0 Å². The summed E-state index contributed by atoms with van der Waals surface area (Å²) < 4.78 is 12.0. The zero-order valence-electron chi connectivity index (χ0n) is 15.9. The Labute approximate surface area is 133 Å². The Hall–Kier alpha value is -0.120. The summed E-state index contributed by atoms with van der Waals surface area (Å²) in [4.78, 5) is 0. The minimum atomic E-state index is -0.105. The molecule has 0 aliphatic carbocycles. The molecule has 0 aromatic carbocycles. The summed E-state index contributed by atoms with van der Waals surface area (Å²) >= 11 is 0. The van der Waals surface area contributed by atoms with E-state index in [1.54, 1.807) is 0 Å². The molecule has 0 aliphatic rings. The molecule has 0 radical (unpaired) electrons. The van der Waals surface area contributed by atoms with Crippen molar-refractivity contribution in [2.45, 2.75) is 74.3 Å². The van der Waals surface area contributed by atoms with Crippen LogP contribution in [-0.4, -0.2) is 32.0 Å². The van der Waals surface area contributed by atoms with Crippen molar-refractivity contribution in [2.24, 2.45) is 22.0 Å². The van der Waals surface area contributed by atoms with Crippen molar-refractivity contribution < 1.29 is 9.47 Å². The molecule has 3 heteroatoms. The number of hydrogen-bond acceptors (Lipinski definition) is 3. The highest BCUT2D eigenvalue weighted by atomic mass is 16.5.